The van der Waals surface area contributed by atoms with Crippen LogP contribution < -0.4 is 10.1 Å². The zero-order valence-corrected chi connectivity index (χ0v) is 17.9. The molecule has 0 atom stereocenters. The van der Waals surface area contributed by atoms with E-state index in [-0.39, 0.29) is 11.8 Å². The number of nitrogens with one attached hydrogen (secondary N) is 2. The number of aromatic nitrogens is 4. The van der Waals surface area contributed by atoms with E-state index in [4.69, 9.17) is 10.00 Å². The van der Waals surface area contributed by atoms with Crippen LogP contribution in [-0.4, -0.2) is 26.1 Å². The summed E-state index contributed by atoms with van der Waals surface area (Å²) in [6.07, 6.45) is 3.04. The second kappa shape index (κ2) is 9.76. The number of nitrogens with zero attached hydrogens (tertiary/aromatic N) is 4. The number of H-pyrrole nitrogens is 1. The number of pyridine rings is 1. The summed E-state index contributed by atoms with van der Waals surface area (Å²) < 4.78 is 5.73. The topological polar surface area (TPSA) is 117 Å². The lowest BCUT2D eigenvalue weighted by Gasteiger charge is -2.11. The number of nitriles is 1. The Hall–Kier alpha value is -4.16. The van der Waals surface area contributed by atoms with Crippen LogP contribution in [0.4, 0.5) is 5.69 Å². The summed E-state index contributed by atoms with van der Waals surface area (Å²) in [5, 5.41) is 19.5. The number of carbonyl (C=O) groups is 1. The standard InChI is InChI=1S/C23H18N6O2S/c1-15-11-19(31-22-18(12-24)3-2-10-25-22)8-9-20(15)28-21(30)17-6-4-16(5-7-17)13-32-23-26-14-27-29-23/h2-11,14H,13H2,1H3,(H,28,30)(H,26,27,29). The molecule has 2 heterocycles. The van der Waals surface area contributed by atoms with Crippen molar-refractivity contribution in [2.75, 3.05) is 5.32 Å². The smallest absolute Gasteiger partial charge is 0.255 e. The first-order valence-corrected chi connectivity index (χ1v) is 10.6. The summed E-state index contributed by atoms with van der Waals surface area (Å²) in [6.45, 7) is 1.87. The highest BCUT2D eigenvalue weighted by molar-refractivity contribution is 7.98. The number of thioether (sulfide) groups is 1. The van der Waals surface area contributed by atoms with E-state index in [0.29, 0.717) is 22.6 Å². The molecule has 1 amide bonds. The second-order valence-electron chi connectivity index (χ2n) is 6.78. The number of benzene rings is 2. The first-order valence-electron chi connectivity index (χ1n) is 9.64. The fourth-order valence-corrected chi connectivity index (χ4v) is 3.61. The number of aryl methyl sites for hydroxylation is 1. The Bertz CT molecular complexity index is 1270. The highest BCUT2D eigenvalue weighted by Crippen LogP contribution is 2.27. The normalized spacial score (nSPS) is 10.4. The van der Waals surface area contributed by atoms with Crippen LogP contribution in [-0.2, 0) is 5.75 Å². The highest BCUT2D eigenvalue weighted by atomic mass is 32.2. The van der Waals surface area contributed by atoms with E-state index in [1.807, 2.05) is 19.1 Å². The van der Waals surface area contributed by atoms with Gasteiger partial charge in [0.2, 0.25) is 5.88 Å². The SMILES string of the molecule is Cc1cc(Oc2ncccc2C#N)ccc1NC(=O)c1ccc(CSc2ncn[nH]2)cc1. The monoisotopic (exact) mass is 442 g/mol. The van der Waals surface area contributed by atoms with E-state index in [1.165, 1.54) is 18.1 Å². The molecule has 0 spiro atoms. The Kier molecular flexibility index (Phi) is 6.43. The van der Waals surface area contributed by atoms with Gasteiger partial charge in [-0.3, -0.25) is 9.89 Å². The zero-order chi connectivity index (χ0) is 22.3. The fourth-order valence-electron chi connectivity index (χ4n) is 2.87. The molecule has 9 heteroatoms. The average Bonchev–Trinajstić information content (AvgIpc) is 3.34. The predicted molar refractivity (Wildman–Crippen MR) is 121 cm³/mol. The molecule has 2 N–H and O–H groups in total. The van der Waals surface area contributed by atoms with Crippen LogP contribution in [0.25, 0.3) is 0 Å². The van der Waals surface area contributed by atoms with Crippen LogP contribution in [0, 0.1) is 18.3 Å². The van der Waals surface area contributed by atoms with Gasteiger partial charge < -0.3 is 10.1 Å². The van der Waals surface area contributed by atoms with Gasteiger partial charge in [-0.25, -0.2) is 9.97 Å². The summed E-state index contributed by atoms with van der Waals surface area (Å²) in [5.74, 6) is 1.30. The summed E-state index contributed by atoms with van der Waals surface area (Å²) in [5.41, 5.74) is 3.49. The van der Waals surface area contributed by atoms with Crippen molar-refractivity contribution >= 4 is 23.4 Å². The van der Waals surface area contributed by atoms with Crippen LogP contribution in [0.1, 0.15) is 27.0 Å². The number of anilines is 1. The van der Waals surface area contributed by atoms with Gasteiger partial charge in [0.25, 0.3) is 5.91 Å². The predicted octanol–water partition coefficient (Wildman–Crippen LogP) is 4.72. The van der Waals surface area contributed by atoms with Crippen molar-refractivity contribution in [3.63, 3.8) is 0 Å². The fraction of sp³-hybridized carbons (Fsp3) is 0.0870. The molecular weight excluding hydrogens is 424 g/mol. The molecule has 0 radical (unpaired) electrons. The Morgan fingerprint density at radius 2 is 2.03 bits per heavy atom. The molecule has 32 heavy (non-hydrogen) atoms. The van der Waals surface area contributed by atoms with E-state index < -0.39 is 0 Å². The van der Waals surface area contributed by atoms with E-state index in [0.717, 1.165) is 22.0 Å². The molecule has 0 aliphatic heterocycles. The molecule has 0 saturated carbocycles. The van der Waals surface area contributed by atoms with Crippen LogP contribution in [0.5, 0.6) is 11.6 Å². The molecule has 4 rings (SSSR count). The van der Waals surface area contributed by atoms with Gasteiger partial charge in [0.1, 0.15) is 23.7 Å². The molecule has 4 aromatic rings. The number of aromatic amines is 1. The molecule has 2 aromatic heterocycles. The maximum absolute atomic E-state index is 12.7. The molecule has 0 aliphatic rings. The summed E-state index contributed by atoms with van der Waals surface area (Å²) >= 11 is 1.54. The molecule has 0 fully saturated rings. The van der Waals surface area contributed by atoms with Gasteiger partial charge in [0.15, 0.2) is 5.16 Å². The van der Waals surface area contributed by atoms with Crippen LogP contribution in [0.2, 0.25) is 0 Å². The van der Waals surface area contributed by atoms with Crippen molar-refractivity contribution in [2.45, 2.75) is 17.8 Å². The summed E-state index contributed by atoms with van der Waals surface area (Å²) in [7, 11) is 0. The maximum Gasteiger partial charge on any atom is 0.255 e. The van der Waals surface area contributed by atoms with E-state index in [9.17, 15) is 4.79 Å². The molecule has 0 unspecified atom stereocenters. The van der Waals surface area contributed by atoms with E-state index in [1.54, 1.807) is 48.7 Å². The highest BCUT2D eigenvalue weighted by Gasteiger charge is 2.11. The zero-order valence-electron chi connectivity index (χ0n) is 17.1. The quantitative estimate of drug-likeness (QED) is 0.398. The van der Waals surface area contributed by atoms with Gasteiger partial charge in [0, 0.05) is 23.2 Å². The van der Waals surface area contributed by atoms with Crippen molar-refractivity contribution in [3.05, 3.63) is 89.4 Å². The molecule has 2 aromatic carbocycles. The number of amides is 1. The van der Waals surface area contributed by atoms with Crippen LogP contribution in [0.3, 0.4) is 0 Å². The van der Waals surface area contributed by atoms with Gasteiger partial charge in [-0.2, -0.15) is 10.4 Å². The average molecular weight is 443 g/mol. The molecule has 0 aliphatic carbocycles. The summed E-state index contributed by atoms with van der Waals surface area (Å²) in [6, 6.07) is 18.1. The number of hydrogen-bond acceptors (Lipinski definition) is 7. The lowest BCUT2D eigenvalue weighted by Crippen LogP contribution is -2.12. The van der Waals surface area contributed by atoms with Gasteiger partial charge in [-0.15, -0.1) is 0 Å². The first-order chi connectivity index (χ1) is 15.6. The van der Waals surface area contributed by atoms with Gasteiger partial charge in [-0.05, 0) is 60.5 Å². The third-order valence-corrected chi connectivity index (χ3v) is 5.48. The minimum Gasteiger partial charge on any atom is -0.438 e. The molecule has 0 saturated heterocycles. The molecule has 158 valence electrons. The van der Waals surface area contributed by atoms with Crippen molar-refractivity contribution in [2.24, 2.45) is 0 Å². The third-order valence-electron chi connectivity index (χ3n) is 4.54. The van der Waals surface area contributed by atoms with Gasteiger partial charge in [-0.1, -0.05) is 23.9 Å². The first kappa shape index (κ1) is 21.1. The molecule has 8 nitrogen and oxygen atoms in total. The van der Waals surface area contributed by atoms with Crippen LogP contribution >= 0.6 is 11.8 Å². The minimum atomic E-state index is -0.201. The number of ether oxygens (including phenoxy) is 1. The minimum absolute atomic E-state index is 0.201. The molecule has 0 bridgehead atoms. The third kappa shape index (κ3) is 5.11. The summed E-state index contributed by atoms with van der Waals surface area (Å²) in [4.78, 5) is 20.8. The van der Waals surface area contributed by atoms with Gasteiger partial charge >= 0.3 is 0 Å². The van der Waals surface area contributed by atoms with Crippen molar-refractivity contribution < 1.29 is 9.53 Å². The Morgan fingerprint density at radius 3 is 2.75 bits per heavy atom. The molecular formula is C23H18N6O2S. The lowest BCUT2D eigenvalue weighted by atomic mass is 10.1. The van der Waals surface area contributed by atoms with Crippen LogP contribution in [0.15, 0.2) is 72.3 Å². The number of rotatable bonds is 7. The van der Waals surface area contributed by atoms with Crippen molar-refractivity contribution in [3.8, 4) is 17.7 Å². The van der Waals surface area contributed by atoms with E-state index in [2.05, 4.69) is 31.6 Å². The Labute approximate surface area is 188 Å². The number of carbonyl (C=O) groups excluding carboxylic acids is 1. The second-order valence-corrected chi connectivity index (χ2v) is 7.74. The Morgan fingerprint density at radius 1 is 1.19 bits per heavy atom. The van der Waals surface area contributed by atoms with Crippen molar-refractivity contribution in [1.82, 2.24) is 20.2 Å². The van der Waals surface area contributed by atoms with Crippen molar-refractivity contribution in [1.29, 1.82) is 5.26 Å². The maximum atomic E-state index is 12.7. The van der Waals surface area contributed by atoms with Gasteiger partial charge in [0.05, 0.1) is 0 Å². The Balaban J connectivity index is 1.39. The van der Waals surface area contributed by atoms with E-state index >= 15 is 0 Å². The largest absolute Gasteiger partial charge is 0.438 e. The number of hydrogen-bond donors (Lipinski definition) is 2. The lowest BCUT2D eigenvalue weighted by molar-refractivity contribution is 0.102.